The Morgan fingerprint density at radius 1 is 1.00 bits per heavy atom. The van der Waals surface area contributed by atoms with E-state index >= 15 is 0 Å². The number of para-hydroxylation sites is 1. The molecule has 142 valence electrons. The van der Waals surface area contributed by atoms with Gasteiger partial charge in [0, 0.05) is 49.3 Å². The summed E-state index contributed by atoms with van der Waals surface area (Å²) in [5.41, 5.74) is 3.31. The second-order valence-electron chi connectivity index (χ2n) is 7.53. The van der Waals surface area contributed by atoms with Crippen LogP contribution in [0, 0.1) is 5.92 Å². The third-order valence-electron chi connectivity index (χ3n) is 5.01. The molecule has 4 nitrogen and oxygen atoms in total. The predicted octanol–water partition coefficient (Wildman–Crippen LogP) is 4.05. The maximum absolute atomic E-state index is 12.5. The number of nitrogens with zero attached hydrogens (tertiary/aromatic N) is 2. The molecule has 1 aromatic heterocycles. The van der Waals surface area contributed by atoms with Gasteiger partial charge < -0.3 is 14.8 Å². The number of nitrogens with one attached hydrogen (secondary N) is 1. The van der Waals surface area contributed by atoms with Crippen molar-refractivity contribution in [1.82, 2.24) is 14.8 Å². The number of H-pyrrole nitrogens is 1. The zero-order valence-corrected chi connectivity index (χ0v) is 16.5. The van der Waals surface area contributed by atoms with E-state index in [9.17, 15) is 4.79 Å². The van der Waals surface area contributed by atoms with Gasteiger partial charge in [-0.05, 0) is 43.1 Å². The number of rotatable bonds is 8. The van der Waals surface area contributed by atoms with Crippen LogP contribution in [0.25, 0.3) is 10.9 Å². The molecule has 1 unspecified atom stereocenters. The van der Waals surface area contributed by atoms with E-state index in [2.05, 4.69) is 54.3 Å². The summed E-state index contributed by atoms with van der Waals surface area (Å²) in [6.45, 7) is 4.93. The molecule has 0 aliphatic rings. The Morgan fingerprint density at radius 2 is 1.70 bits per heavy atom. The molecule has 2 aromatic carbocycles. The molecule has 3 rings (SSSR count). The van der Waals surface area contributed by atoms with E-state index in [1.165, 1.54) is 16.5 Å². The Labute approximate surface area is 161 Å². The number of carbonyl (C=O) groups is 1. The molecule has 0 spiro atoms. The Morgan fingerprint density at radius 3 is 2.48 bits per heavy atom. The lowest BCUT2D eigenvalue weighted by Gasteiger charge is -2.25. The van der Waals surface area contributed by atoms with E-state index < -0.39 is 0 Å². The van der Waals surface area contributed by atoms with Crippen LogP contribution in [-0.4, -0.2) is 54.4 Å². The zero-order valence-electron chi connectivity index (χ0n) is 16.5. The van der Waals surface area contributed by atoms with Crippen LogP contribution in [0.2, 0.25) is 0 Å². The predicted molar refractivity (Wildman–Crippen MR) is 112 cm³/mol. The number of amides is 1. The van der Waals surface area contributed by atoms with Crippen molar-refractivity contribution in [3.8, 4) is 0 Å². The van der Waals surface area contributed by atoms with Gasteiger partial charge in [0.05, 0.1) is 0 Å². The van der Waals surface area contributed by atoms with Crippen molar-refractivity contribution in [3.05, 3.63) is 71.9 Å². The van der Waals surface area contributed by atoms with E-state index in [0.29, 0.717) is 5.92 Å². The first-order valence-corrected chi connectivity index (χ1v) is 9.58. The van der Waals surface area contributed by atoms with Gasteiger partial charge in [0.1, 0.15) is 0 Å². The number of hydrogen-bond acceptors (Lipinski definition) is 2. The molecule has 1 heterocycles. The summed E-state index contributed by atoms with van der Waals surface area (Å²) < 4.78 is 0. The van der Waals surface area contributed by atoms with Crippen molar-refractivity contribution in [2.24, 2.45) is 5.92 Å². The average Bonchev–Trinajstić information content (AvgIpc) is 3.09. The first kappa shape index (κ1) is 19.2. The van der Waals surface area contributed by atoms with Crippen molar-refractivity contribution >= 4 is 16.8 Å². The number of benzene rings is 2. The molecule has 1 N–H and O–H groups in total. The second kappa shape index (κ2) is 8.87. The van der Waals surface area contributed by atoms with Crippen molar-refractivity contribution in [1.29, 1.82) is 0 Å². The van der Waals surface area contributed by atoms with Crippen LogP contribution in [0.5, 0.6) is 0 Å². The van der Waals surface area contributed by atoms with E-state index in [0.717, 1.165) is 31.6 Å². The molecule has 3 aromatic rings. The summed E-state index contributed by atoms with van der Waals surface area (Å²) in [5.74, 6) is 0.500. The van der Waals surface area contributed by atoms with Crippen LogP contribution >= 0.6 is 0 Å². The standard InChI is InChI=1S/C23H29N3O/c1-18(17-26(3)23(27)19-9-5-4-6-10-19)16-25(2)14-13-20-15-24-22-12-8-7-11-21(20)22/h4-12,15,18,24H,13-14,16-17H2,1-3H3. The second-order valence-corrected chi connectivity index (χ2v) is 7.53. The molecule has 0 aliphatic carbocycles. The normalized spacial score (nSPS) is 12.4. The highest BCUT2D eigenvalue weighted by Crippen LogP contribution is 2.18. The van der Waals surface area contributed by atoms with Gasteiger partial charge in [-0.25, -0.2) is 0 Å². The minimum atomic E-state index is 0.0869. The summed E-state index contributed by atoms with van der Waals surface area (Å²) in [4.78, 5) is 20.0. The van der Waals surface area contributed by atoms with E-state index in [-0.39, 0.29) is 5.91 Å². The zero-order chi connectivity index (χ0) is 19.2. The van der Waals surface area contributed by atoms with Crippen LogP contribution in [0.3, 0.4) is 0 Å². The quantitative estimate of drug-likeness (QED) is 0.656. The van der Waals surface area contributed by atoms with Crippen molar-refractivity contribution in [2.75, 3.05) is 33.7 Å². The fourth-order valence-corrected chi connectivity index (χ4v) is 3.68. The number of aromatic nitrogens is 1. The molecule has 0 aliphatic heterocycles. The first-order chi connectivity index (χ1) is 13.0. The van der Waals surface area contributed by atoms with Crippen LogP contribution < -0.4 is 0 Å². The van der Waals surface area contributed by atoms with E-state index in [1.54, 1.807) is 0 Å². The van der Waals surface area contributed by atoms with Gasteiger partial charge in [-0.15, -0.1) is 0 Å². The Balaban J connectivity index is 1.47. The lowest BCUT2D eigenvalue weighted by molar-refractivity contribution is 0.0766. The molecule has 0 saturated carbocycles. The lowest BCUT2D eigenvalue weighted by Crippen LogP contribution is -2.36. The van der Waals surface area contributed by atoms with E-state index in [4.69, 9.17) is 0 Å². The monoisotopic (exact) mass is 363 g/mol. The summed E-state index contributed by atoms with van der Waals surface area (Å²) in [7, 11) is 4.04. The fraction of sp³-hybridized carbons (Fsp3) is 0.348. The van der Waals surface area contributed by atoms with Crippen molar-refractivity contribution < 1.29 is 4.79 Å². The van der Waals surface area contributed by atoms with Crippen molar-refractivity contribution in [2.45, 2.75) is 13.3 Å². The largest absolute Gasteiger partial charge is 0.361 e. The number of hydrogen-bond donors (Lipinski definition) is 1. The van der Waals surface area contributed by atoms with Crippen molar-refractivity contribution in [3.63, 3.8) is 0 Å². The molecular weight excluding hydrogens is 334 g/mol. The summed E-state index contributed by atoms with van der Waals surface area (Å²) in [6, 6.07) is 17.9. The highest BCUT2D eigenvalue weighted by Gasteiger charge is 2.15. The molecule has 0 bridgehead atoms. The Kier molecular flexibility index (Phi) is 6.30. The van der Waals surface area contributed by atoms with Gasteiger partial charge in [0.15, 0.2) is 0 Å². The molecule has 0 radical (unpaired) electrons. The molecule has 1 atom stereocenters. The average molecular weight is 364 g/mol. The lowest BCUT2D eigenvalue weighted by atomic mass is 10.1. The van der Waals surface area contributed by atoms with Gasteiger partial charge in [-0.1, -0.05) is 43.3 Å². The summed E-state index contributed by atoms with van der Waals surface area (Å²) >= 11 is 0. The third kappa shape index (κ3) is 4.98. The fourth-order valence-electron chi connectivity index (χ4n) is 3.68. The van der Waals surface area contributed by atoms with Gasteiger partial charge in [0.25, 0.3) is 5.91 Å². The Bertz CT molecular complexity index is 871. The minimum Gasteiger partial charge on any atom is -0.361 e. The Hall–Kier alpha value is -2.59. The molecule has 0 saturated heterocycles. The maximum Gasteiger partial charge on any atom is 0.253 e. The van der Waals surface area contributed by atoms with Crippen LogP contribution in [0.1, 0.15) is 22.8 Å². The topological polar surface area (TPSA) is 39.3 Å². The smallest absolute Gasteiger partial charge is 0.253 e. The van der Waals surface area contributed by atoms with Gasteiger partial charge >= 0.3 is 0 Å². The molecule has 0 fully saturated rings. The molecule has 1 amide bonds. The SMILES string of the molecule is CC(CN(C)CCc1c[nH]c2ccccc12)CN(C)C(=O)c1ccccc1. The number of fused-ring (bicyclic) bond motifs is 1. The highest BCUT2D eigenvalue weighted by molar-refractivity contribution is 5.94. The third-order valence-corrected chi connectivity index (χ3v) is 5.01. The van der Waals surface area contributed by atoms with Gasteiger partial charge in [-0.2, -0.15) is 0 Å². The summed E-state index contributed by atoms with van der Waals surface area (Å²) in [6.07, 6.45) is 3.14. The minimum absolute atomic E-state index is 0.0869. The molecular formula is C23H29N3O. The van der Waals surface area contributed by atoms with Crippen LogP contribution in [0.15, 0.2) is 60.8 Å². The molecule has 27 heavy (non-hydrogen) atoms. The van der Waals surface area contributed by atoms with Gasteiger partial charge in [-0.3, -0.25) is 4.79 Å². The summed E-state index contributed by atoms with van der Waals surface area (Å²) in [5, 5.41) is 1.31. The van der Waals surface area contributed by atoms with E-state index in [1.807, 2.05) is 42.3 Å². The van der Waals surface area contributed by atoms with Gasteiger partial charge in [0.2, 0.25) is 0 Å². The van der Waals surface area contributed by atoms with Crippen LogP contribution in [-0.2, 0) is 6.42 Å². The number of carbonyl (C=O) groups excluding carboxylic acids is 1. The first-order valence-electron chi connectivity index (χ1n) is 9.58. The molecule has 4 heteroatoms. The number of aromatic amines is 1. The number of likely N-dealkylation sites (N-methyl/N-ethyl adjacent to an activating group) is 1. The maximum atomic E-state index is 12.5. The highest BCUT2D eigenvalue weighted by atomic mass is 16.2. The van der Waals surface area contributed by atoms with Crippen LogP contribution in [0.4, 0.5) is 0 Å².